The molecule has 0 spiro atoms. The topological polar surface area (TPSA) is 150 Å². The summed E-state index contributed by atoms with van der Waals surface area (Å²) in [6.45, 7) is 4.32. The number of nitrogens with one attached hydrogen (secondary N) is 1. The lowest BCUT2D eigenvalue weighted by atomic mass is 10.0. The average molecular weight is 552 g/mol. The minimum absolute atomic E-state index is 0.0240. The first-order valence-corrected chi connectivity index (χ1v) is 14.9. The third-order valence-corrected chi connectivity index (χ3v) is 9.74. The molecule has 0 saturated heterocycles. The molecule has 5 rings (SSSR count). The highest BCUT2D eigenvalue weighted by molar-refractivity contribution is 7.92. The number of carbonyl (C=O) groups excluding carboxylic acids is 1. The van der Waals surface area contributed by atoms with Crippen molar-refractivity contribution >= 4 is 27.2 Å². The van der Waals surface area contributed by atoms with Gasteiger partial charge >= 0.3 is 0 Å². The number of para-hydroxylation sites is 1. The summed E-state index contributed by atoms with van der Waals surface area (Å²) in [5.74, 6) is -0.0229. The third kappa shape index (κ3) is 6.39. The van der Waals surface area contributed by atoms with Crippen LogP contribution in [0.2, 0.25) is 0 Å². The second-order valence-electron chi connectivity index (χ2n) is 10.4. The number of sulfone groups is 1. The minimum atomic E-state index is -3.55. The average Bonchev–Trinajstić information content (AvgIpc) is 2.92. The second kappa shape index (κ2) is 12.1. The van der Waals surface area contributed by atoms with Gasteiger partial charge in [-0.25, -0.2) is 18.4 Å². The molecular formula is C29H37N5O4S. The molecule has 39 heavy (non-hydrogen) atoms. The quantitative estimate of drug-likeness (QED) is 0.377. The Balaban J connectivity index is 1.70. The highest BCUT2D eigenvalue weighted by Gasteiger charge is 2.35. The van der Waals surface area contributed by atoms with E-state index in [2.05, 4.69) is 15.3 Å². The molecule has 2 aromatic carbocycles. The van der Waals surface area contributed by atoms with E-state index in [1.165, 1.54) is 6.20 Å². The Hall–Kier alpha value is -3.50. The van der Waals surface area contributed by atoms with Crippen molar-refractivity contribution in [3.63, 3.8) is 0 Å². The van der Waals surface area contributed by atoms with Crippen LogP contribution in [0.3, 0.4) is 0 Å². The normalized spacial score (nSPS) is 18.1. The van der Waals surface area contributed by atoms with Gasteiger partial charge in [0.1, 0.15) is 5.75 Å². The van der Waals surface area contributed by atoms with E-state index in [0.29, 0.717) is 35.7 Å². The van der Waals surface area contributed by atoms with E-state index in [-0.39, 0.29) is 23.0 Å². The SMILES string of the molecule is CC1(C)CCCCCCCCOc2c(CN)cccc2NC(=O)c2nc(cnc2N)-c2ccc(cc2)S1(=O)=O. The molecule has 0 radical (unpaired) electrons. The van der Waals surface area contributed by atoms with Crippen molar-refractivity contribution in [2.75, 3.05) is 17.7 Å². The standard InChI is InChI=1S/C29H37N5O4S/c1-29(2)16-7-5-3-4-6-8-17-38-26-21(18-30)10-9-11-23(26)34-28(35)25-27(31)32-19-24(33-25)20-12-14-22(15-13-20)39(29,36)37/h9-15,19H,3-8,16-18,30H2,1-2H3,(H2,31,32)(H,34,35). The molecule has 0 fully saturated rings. The lowest BCUT2D eigenvalue weighted by molar-refractivity contribution is 0.102. The number of hydrogen-bond donors (Lipinski definition) is 3. The van der Waals surface area contributed by atoms with Crippen molar-refractivity contribution in [1.82, 2.24) is 9.97 Å². The van der Waals surface area contributed by atoms with E-state index in [1.807, 2.05) is 6.07 Å². The number of aromatic nitrogens is 2. The number of fused-ring (bicyclic) bond motifs is 13. The fourth-order valence-electron chi connectivity index (χ4n) is 4.69. The Morgan fingerprint density at radius 1 is 1.00 bits per heavy atom. The van der Waals surface area contributed by atoms with Crippen molar-refractivity contribution in [2.24, 2.45) is 5.73 Å². The van der Waals surface area contributed by atoms with E-state index in [9.17, 15) is 13.2 Å². The van der Waals surface area contributed by atoms with E-state index < -0.39 is 20.5 Å². The Morgan fingerprint density at radius 2 is 1.69 bits per heavy atom. The number of nitrogens with zero attached hydrogens (tertiary/aromatic N) is 2. The molecule has 1 aromatic heterocycles. The first-order chi connectivity index (χ1) is 18.6. The molecule has 4 bridgehead atoms. The van der Waals surface area contributed by atoms with Crippen LogP contribution in [-0.4, -0.2) is 35.6 Å². The highest BCUT2D eigenvalue weighted by Crippen LogP contribution is 2.33. The number of rotatable bonds is 1. The summed E-state index contributed by atoms with van der Waals surface area (Å²) in [5, 5.41) is 2.85. The highest BCUT2D eigenvalue weighted by atomic mass is 32.2. The molecule has 2 aliphatic heterocycles. The van der Waals surface area contributed by atoms with Gasteiger partial charge in [-0.05, 0) is 44.9 Å². The zero-order valence-electron chi connectivity index (χ0n) is 22.6. The van der Waals surface area contributed by atoms with Crippen molar-refractivity contribution in [1.29, 1.82) is 0 Å². The van der Waals surface area contributed by atoms with Crippen LogP contribution in [0.15, 0.2) is 53.6 Å². The lowest BCUT2D eigenvalue weighted by Gasteiger charge is -2.25. The second-order valence-corrected chi connectivity index (χ2v) is 13.0. The van der Waals surface area contributed by atoms with Crippen LogP contribution in [0, 0.1) is 0 Å². The molecule has 1 amide bonds. The monoisotopic (exact) mass is 551 g/mol. The van der Waals surface area contributed by atoms with Crippen molar-refractivity contribution < 1.29 is 17.9 Å². The fraction of sp³-hybridized carbons (Fsp3) is 0.414. The molecule has 208 valence electrons. The van der Waals surface area contributed by atoms with E-state index in [4.69, 9.17) is 16.2 Å². The van der Waals surface area contributed by atoms with Gasteiger partial charge in [0.05, 0.1) is 33.8 Å². The van der Waals surface area contributed by atoms with Crippen molar-refractivity contribution in [3.05, 3.63) is 59.9 Å². The maximum Gasteiger partial charge on any atom is 0.278 e. The molecule has 0 atom stereocenters. The molecule has 0 aliphatic carbocycles. The largest absolute Gasteiger partial charge is 0.491 e. The maximum atomic E-state index is 13.4. The fourth-order valence-corrected chi connectivity index (χ4v) is 6.24. The maximum absolute atomic E-state index is 13.4. The molecule has 3 aromatic rings. The lowest BCUT2D eigenvalue weighted by Crippen LogP contribution is -2.31. The summed E-state index contributed by atoms with van der Waals surface area (Å²) in [5.41, 5.74) is 14.2. The minimum Gasteiger partial charge on any atom is -0.491 e. The van der Waals surface area contributed by atoms with E-state index >= 15 is 0 Å². The number of nitrogen functional groups attached to an aromatic ring is 1. The van der Waals surface area contributed by atoms with Gasteiger partial charge in [0.2, 0.25) is 0 Å². The number of nitrogens with two attached hydrogens (primary N) is 2. The third-order valence-electron chi connectivity index (χ3n) is 7.19. The van der Waals surface area contributed by atoms with Crippen LogP contribution < -0.4 is 21.5 Å². The number of hydrogen-bond acceptors (Lipinski definition) is 8. The predicted molar refractivity (Wildman–Crippen MR) is 153 cm³/mol. The summed E-state index contributed by atoms with van der Waals surface area (Å²) in [4.78, 5) is 22.1. The van der Waals surface area contributed by atoms with E-state index in [1.54, 1.807) is 50.2 Å². The smallest absolute Gasteiger partial charge is 0.278 e. The van der Waals surface area contributed by atoms with Crippen molar-refractivity contribution in [3.8, 4) is 17.0 Å². The first-order valence-electron chi connectivity index (χ1n) is 13.4. The van der Waals surface area contributed by atoms with Crippen LogP contribution in [-0.2, 0) is 16.4 Å². The number of anilines is 2. The zero-order chi connectivity index (χ0) is 28.0. The number of carbonyl (C=O) groups is 1. The van der Waals surface area contributed by atoms with Gasteiger partial charge in [-0.2, -0.15) is 0 Å². The summed E-state index contributed by atoms with van der Waals surface area (Å²) in [6, 6.07) is 11.9. The van der Waals surface area contributed by atoms with Crippen LogP contribution in [0.5, 0.6) is 5.75 Å². The molecule has 0 unspecified atom stereocenters. The molecule has 5 N–H and O–H groups in total. The van der Waals surface area contributed by atoms with Crippen LogP contribution in [0.25, 0.3) is 11.3 Å². The number of benzene rings is 2. The summed E-state index contributed by atoms with van der Waals surface area (Å²) in [7, 11) is -3.55. The molecule has 9 nitrogen and oxygen atoms in total. The Bertz CT molecular complexity index is 1420. The van der Waals surface area contributed by atoms with Gasteiger partial charge < -0.3 is 21.5 Å². The van der Waals surface area contributed by atoms with Gasteiger partial charge in [0.15, 0.2) is 21.3 Å². The van der Waals surface area contributed by atoms with Gasteiger partial charge in [-0.15, -0.1) is 0 Å². The molecule has 3 heterocycles. The summed E-state index contributed by atoms with van der Waals surface area (Å²) >= 11 is 0. The number of ether oxygens (including phenoxy) is 1. The zero-order valence-corrected chi connectivity index (χ0v) is 23.4. The molecule has 10 heteroatoms. The Kier molecular flexibility index (Phi) is 8.87. The van der Waals surface area contributed by atoms with Crippen LogP contribution in [0.1, 0.15) is 74.8 Å². The van der Waals surface area contributed by atoms with Gasteiger partial charge in [-0.3, -0.25) is 4.79 Å². The van der Waals surface area contributed by atoms with Crippen molar-refractivity contribution in [2.45, 2.75) is 75.0 Å². The van der Waals surface area contributed by atoms with E-state index in [0.717, 1.165) is 44.1 Å². The molecule has 2 aliphatic rings. The molecular weight excluding hydrogens is 514 g/mol. The van der Waals surface area contributed by atoms with Crippen LogP contribution >= 0.6 is 0 Å². The first kappa shape index (κ1) is 28.5. The predicted octanol–water partition coefficient (Wildman–Crippen LogP) is 5.11. The number of amides is 1. The summed E-state index contributed by atoms with van der Waals surface area (Å²) in [6.07, 6.45) is 7.77. The van der Waals surface area contributed by atoms with Gasteiger partial charge in [-0.1, -0.05) is 56.4 Å². The Labute approximate surface area is 230 Å². The molecule has 0 saturated carbocycles. The van der Waals surface area contributed by atoms with Crippen LogP contribution in [0.4, 0.5) is 11.5 Å². The van der Waals surface area contributed by atoms with Gasteiger partial charge in [0, 0.05) is 17.7 Å². The Morgan fingerprint density at radius 3 is 2.41 bits per heavy atom. The van der Waals surface area contributed by atoms with Gasteiger partial charge in [0.25, 0.3) is 5.91 Å². The summed E-state index contributed by atoms with van der Waals surface area (Å²) < 4.78 is 32.0.